The van der Waals surface area contributed by atoms with Gasteiger partial charge < -0.3 is 0 Å². The first kappa shape index (κ1) is 32.0. The molecule has 0 aliphatic rings. The summed E-state index contributed by atoms with van der Waals surface area (Å²) < 4.78 is 0. The van der Waals surface area contributed by atoms with Gasteiger partial charge in [0.05, 0.1) is 0 Å². The van der Waals surface area contributed by atoms with Gasteiger partial charge in [0.25, 0.3) is 0 Å². The minimum Gasteiger partial charge on any atom is -0.0654 e. The highest BCUT2D eigenvalue weighted by atomic mass is 14.1. The Morgan fingerprint density at radius 3 is 0.938 bits per heavy atom. The van der Waals surface area contributed by atoms with Crippen molar-refractivity contribution in [2.45, 2.75) is 177 Å². The Labute approximate surface area is 206 Å². The zero-order valence-corrected chi connectivity index (χ0v) is 24.0. The van der Waals surface area contributed by atoms with Crippen LogP contribution in [0, 0.1) is 29.6 Å². The van der Waals surface area contributed by atoms with Crippen molar-refractivity contribution in [2.24, 2.45) is 29.6 Å². The van der Waals surface area contributed by atoms with Gasteiger partial charge in [0.15, 0.2) is 0 Å². The Balaban J connectivity index is 3.52. The van der Waals surface area contributed by atoms with Crippen molar-refractivity contribution in [1.82, 2.24) is 0 Å². The monoisotopic (exact) mass is 451 g/mol. The van der Waals surface area contributed by atoms with Crippen LogP contribution in [-0.4, -0.2) is 0 Å². The summed E-state index contributed by atoms with van der Waals surface area (Å²) in [7, 11) is 0. The van der Waals surface area contributed by atoms with E-state index < -0.39 is 0 Å². The SMILES string of the molecule is CCCCCCC(C)CCCCC(C)CCC(C)CCCCC(C)CCCCCC(C)C. The van der Waals surface area contributed by atoms with Crippen molar-refractivity contribution >= 4 is 0 Å². The number of rotatable bonds is 24. The Morgan fingerprint density at radius 1 is 0.312 bits per heavy atom. The molecule has 0 saturated carbocycles. The van der Waals surface area contributed by atoms with Crippen LogP contribution in [0.25, 0.3) is 0 Å². The van der Waals surface area contributed by atoms with Gasteiger partial charge in [-0.3, -0.25) is 0 Å². The first-order chi connectivity index (χ1) is 15.3. The lowest BCUT2D eigenvalue weighted by molar-refractivity contribution is 0.363. The number of hydrogen-bond acceptors (Lipinski definition) is 0. The molecule has 0 heteroatoms. The first-order valence-corrected chi connectivity index (χ1v) is 15.3. The summed E-state index contributed by atoms with van der Waals surface area (Å²) in [6.45, 7) is 17.0. The molecule has 0 amide bonds. The predicted octanol–water partition coefficient (Wildman–Crippen LogP) is 12.0. The third kappa shape index (κ3) is 23.2. The molecule has 0 aromatic carbocycles. The molecule has 0 aromatic rings. The molecule has 0 bridgehead atoms. The highest BCUT2D eigenvalue weighted by Crippen LogP contribution is 2.24. The van der Waals surface area contributed by atoms with Crippen LogP contribution >= 0.6 is 0 Å². The second kappa shape index (κ2) is 22.8. The van der Waals surface area contributed by atoms with Crippen LogP contribution in [0.2, 0.25) is 0 Å². The lowest BCUT2D eigenvalue weighted by Crippen LogP contribution is -2.02. The topological polar surface area (TPSA) is 0 Å². The molecule has 0 aliphatic carbocycles. The van der Waals surface area contributed by atoms with E-state index in [1.54, 1.807) is 0 Å². The molecular formula is C32H66. The lowest BCUT2D eigenvalue weighted by atomic mass is 9.89. The second-order valence-corrected chi connectivity index (χ2v) is 12.4. The number of unbranched alkanes of at least 4 members (excludes halogenated alkanes) is 7. The molecule has 0 aromatic heterocycles. The molecule has 0 heterocycles. The van der Waals surface area contributed by atoms with E-state index in [1.807, 2.05) is 0 Å². The fourth-order valence-corrected chi connectivity index (χ4v) is 5.26. The third-order valence-corrected chi connectivity index (χ3v) is 7.97. The van der Waals surface area contributed by atoms with Crippen molar-refractivity contribution in [3.05, 3.63) is 0 Å². The van der Waals surface area contributed by atoms with Gasteiger partial charge in [-0.1, -0.05) is 177 Å². The Hall–Kier alpha value is 0. The van der Waals surface area contributed by atoms with E-state index in [9.17, 15) is 0 Å². The normalized spacial score (nSPS) is 15.8. The minimum atomic E-state index is 0.885. The average molecular weight is 451 g/mol. The van der Waals surface area contributed by atoms with Crippen molar-refractivity contribution in [3.8, 4) is 0 Å². The smallest absolute Gasteiger partial charge is 0.0443 e. The maximum Gasteiger partial charge on any atom is -0.0443 e. The molecule has 0 N–H and O–H groups in total. The maximum atomic E-state index is 2.51. The summed E-state index contributed by atoms with van der Waals surface area (Å²) in [5.74, 6) is 4.66. The zero-order valence-electron chi connectivity index (χ0n) is 24.0. The third-order valence-electron chi connectivity index (χ3n) is 7.97. The fraction of sp³-hybridized carbons (Fsp3) is 1.00. The van der Waals surface area contributed by atoms with Gasteiger partial charge in [0.2, 0.25) is 0 Å². The Bertz CT molecular complexity index is 357. The Kier molecular flexibility index (Phi) is 22.8. The van der Waals surface area contributed by atoms with Gasteiger partial charge in [0, 0.05) is 0 Å². The van der Waals surface area contributed by atoms with E-state index in [2.05, 4.69) is 48.5 Å². The maximum absolute atomic E-state index is 2.51. The molecule has 0 nitrogen and oxygen atoms in total. The van der Waals surface area contributed by atoms with Crippen LogP contribution in [0.4, 0.5) is 0 Å². The quantitative estimate of drug-likeness (QED) is 0.128. The highest BCUT2D eigenvalue weighted by Gasteiger charge is 2.09. The first-order valence-electron chi connectivity index (χ1n) is 15.3. The zero-order chi connectivity index (χ0) is 24.0. The Morgan fingerprint density at radius 2 is 0.594 bits per heavy atom. The largest absolute Gasteiger partial charge is 0.0654 e. The van der Waals surface area contributed by atoms with Crippen LogP contribution in [0.5, 0.6) is 0 Å². The van der Waals surface area contributed by atoms with E-state index >= 15 is 0 Å². The van der Waals surface area contributed by atoms with E-state index in [4.69, 9.17) is 0 Å². The molecule has 4 atom stereocenters. The van der Waals surface area contributed by atoms with Crippen molar-refractivity contribution < 1.29 is 0 Å². The van der Waals surface area contributed by atoms with Crippen LogP contribution in [0.15, 0.2) is 0 Å². The van der Waals surface area contributed by atoms with Crippen LogP contribution in [0.1, 0.15) is 177 Å². The van der Waals surface area contributed by atoms with E-state index in [-0.39, 0.29) is 0 Å². The van der Waals surface area contributed by atoms with E-state index in [0.717, 1.165) is 29.6 Å². The van der Waals surface area contributed by atoms with Crippen LogP contribution in [-0.2, 0) is 0 Å². The molecule has 194 valence electrons. The van der Waals surface area contributed by atoms with Crippen LogP contribution in [0.3, 0.4) is 0 Å². The fourth-order valence-electron chi connectivity index (χ4n) is 5.26. The molecule has 32 heavy (non-hydrogen) atoms. The molecule has 0 saturated heterocycles. The van der Waals surface area contributed by atoms with Gasteiger partial charge in [-0.05, 0) is 29.6 Å². The van der Waals surface area contributed by atoms with Crippen molar-refractivity contribution in [1.29, 1.82) is 0 Å². The van der Waals surface area contributed by atoms with Crippen molar-refractivity contribution in [3.63, 3.8) is 0 Å². The van der Waals surface area contributed by atoms with E-state index in [0.29, 0.717) is 0 Å². The second-order valence-electron chi connectivity index (χ2n) is 12.4. The summed E-state index contributed by atoms with van der Waals surface area (Å²) in [5.41, 5.74) is 0. The summed E-state index contributed by atoms with van der Waals surface area (Å²) in [5, 5.41) is 0. The summed E-state index contributed by atoms with van der Waals surface area (Å²) in [6, 6.07) is 0. The van der Waals surface area contributed by atoms with E-state index in [1.165, 1.54) is 128 Å². The van der Waals surface area contributed by atoms with Gasteiger partial charge in [-0.2, -0.15) is 0 Å². The molecular weight excluding hydrogens is 384 g/mol. The van der Waals surface area contributed by atoms with Gasteiger partial charge >= 0.3 is 0 Å². The summed E-state index contributed by atoms with van der Waals surface area (Å²) in [4.78, 5) is 0. The lowest BCUT2D eigenvalue weighted by Gasteiger charge is -2.17. The molecule has 0 spiro atoms. The van der Waals surface area contributed by atoms with Crippen molar-refractivity contribution in [2.75, 3.05) is 0 Å². The van der Waals surface area contributed by atoms with Gasteiger partial charge in [-0.25, -0.2) is 0 Å². The number of hydrogen-bond donors (Lipinski definition) is 0. The minimum absolute atomic E-state index is 0.885. The van der Waals surface area contributed by atoms with Gasteiger partial charge in [0.1, 0.15) is 0 Å². The van der Waals surface area contributed by atoms with Gasteiger partial charge in [-0.15, -0.1) is 0 Å². The summed E-state index contributed by atoms with van der Waals surface area (Å²) >= 11 is 0. The standard InChI is InChI=1S/C32H66/c1-8-9-10-13-20-29(4)22-15-17-24-31(6)26-27-32(7)25-18-16-23-30(5)21-14-11-12-19-28(2)3/h28-32H,8-27H2,1-7H3. The molecule has 0 rings (SSSR count). The van der Waals surface area contributed by atoms with Crippen LogP contribution < -0.4 is 0 Å². The molecule has 4 unspecified atom stereocenters. The molecule has 0 radical (unpaired) electrons. The average Bonchev–Trinajstić information content (AvgIpc) is 2.75. The highest BCUT2D eigenvalue weighted by molar-refractivity contribution is 4.62. The predicted molar refractivity (Wildman–Crippen MR) is 150 cm³/mol. The molecule has 0 aliphatic heterocycles. The molecule has 0 fully saturated rings. The summed E-state index contributed by atoms with van der Waals surface area (Å²) in [6.07, 6.45) is 29.0.